The highest BCUT2D eigenvalue weighted by atomic mass is 32.1. The van der Waals surface area contributed by atoms with Crippen LogP contribution in [0, 0.1) is 12.7 Å². The van der Waals surface area contributed by atoms with Gasteiger partial charge in [0, 0.05) is 0 Å². The molecule has 0 bridgehead atoms. The van der Waals surface area contributed by atoms with Gasteiger partial charge in [-0.3, -0.25) is 0 Å². The van der Waals surface area contributed by atoms with E-state index in [1.807, 2.05) is 6.92 Å². The van der Waals surface area contributed by atoms with E-state index in [2.05, 4.69) is 9.97 Å². The Morgan fingerprint density at radius 2 is 2.36 bits per heavy atom. The average molecular weight is 168 g/mol. The normalized spacial score (nSPS) is 10.7. The zero-order valence-corrected chi connectivity index (χ0v) is 6.65. The van der Waals surface area contributed by atoms with Crippen LogP contribution in [0.15, 0.2) is 12.3 Å². The molecule has 0 unspecified atom stereocenters. The first-order valence-electron chi connectivity index (χ1n) is 3.14. The number of aromatic nitrogens is 2. The fraction of sp³-hybridized carbons (Fsp3) is 0.143. The second-order valence-corrected chi connectivity index (χ2v) is 3.44. The van der Waals surface area contributed by atoms with Crippen molar-refractivity contribution >= 4 is 21.7 Å². The number of hydrogen-bond donors (Lipinski definition) is 0. The van der Waals surface area contributed by atoms with E-state index in [9.17, 15) is 4.39 Å². The molecule has 2 nitrogen and oxygen atoms in total. The first-order chi connectivity index (χ1) is 5.25. The number of fused-ring (bicyclic) bond motifs is 1. The summed E-state index contributed by atoms with van der Waals surface area (Å²) in [5, 5.41) is 0.915. The molecule has 0 saturated carbocycles. The van der Waals surface area contributed by atoms with Gasteiger partial charge in [0.2, 0.25) is 0 Å². The minimum absolute atomic E-state index is 0.304. The van der Waals surface area contributed by atoms with Gasteiger partial charge in [-0.25, -0.2) is 14.4 Å². The molecular weight excluding hydrogens is 163 g/mol. The second kappa shape index (κ2) is 2.23. The maximum absolute atomic E-state index is 12.6. The van der Waals surface area contributed by atoms with Crippen LogP contribution >= 0.6 is 11.3 Å². The first-order valence-corrected chi connectivity index (χ1v) is 3.96. The molecule has 2 aromatic rings. The van der Waals surface area contributed by atoms with Crippen molar-refractivity contribution < 1.29 is 4.39 Å². The number of halogens is 1. The smallest absolute Gasteiger partial charge is 0.170 e. The Labute approximate surface area is 66.7 Å². The first kappa shape index (κ1) is 6.67. The van der Waals surface area contributed by atoms with E-state index in [0.29, 0.717) is 5.65 Å². The molecule has 0 aromatic carbocycles. The minimum Gasteiger partial charge on any atom is -0.233 e. The van der Waals surface area contributed by atoms with Gasteiger partial charge in [0.1, 0.15) is 5.82 Å². The number of rotatable bonds is 0. The largest absolute Gasteiger partial charge is 0.233 e. The van der Waals surface area contributed by atoms with Crippen molar-refractivity contribution in [1.82, 2.24) is 9.97 Å². The Bertz CT molecular complexity index is 396. The molecule has 56 valence electrons. The predicted octanol–water partition coefficient (Wildman–Crippen LogP) is 2.14. The number of hydrogen-bond acceptors (Lipinski definition) is 3. The summed E-state index contributed by atoms with van der Waals surface area (Å²) in [6, 6.07) is 1.45. The van der Waals surface area contributed by atoms with Crippen LogP contribution in [0.5, 0.6) is 0 Å². The molecule has 2 rings (SSSR count). The number of thiazole rings is 1. The lowest BCUT2D eigenvalue weighted by Gasteiger charge is -1.84. The molecule has 0 aliphatic heterocycles. The highest BCUT2D eigenvalue weighted by Gasteiger charge is 2.01. The highest BCUT2D eigenvalue weighted by Crippen LogP contribution is 2.19. The van der Waals surface area contributed by atoms with Crippen molar-refractivity contribution in [2.24, 2.45) is 0 Å². The van der Waals surface area contributed by atoms with Crippen molar-refractivity contribution in [3.63, 3.8) is 0 Å². The van der Waals surface area contributed by atoms with Crippen LogP contribution in [0.25, 0.3) is 10.3 Å². The zero-order valence-electron chi connectivity index (χ0n) is 5.84. The van der Waals surface area contributed by atoms with Crippen LogP contribution < -0.4 is 0 Å². The van der Waals surface area contributed by atoms with Crippen LogP contribution in [0.2, 0.25) is 0 Å². The molecule has 11 heavy (non-hydrogen) atoms. The third-order valence-electron chi connectivity index (χ3n) is 1.32. The van der Waals surface area contributed by atoms with Gasteiger partial charge in [-0.15, -0.1) is 11.3 Å². The van der Waals surface area contributed by atoms with E-state index in [4.69, 9.17) is 0 Å². The molecular formula is C7H5FN2S. The summed E-state index contributed by atoms with van der Waals surface area (Å²) < 4.78 is 13.4. The van der Waals surface area contributed by atoms with Gasteiger partial charge in [-0.2, -0.15) is 0 Å². The minimum atomic E-state index is -0.304. The van der Waals surface area contributed by atoms with Gasteiger partial charge in [0.05, 0.1) is 15.9 Å². The Morgan fingerprint density at radius 1 is 1.55 bits per heavy atom. The third kappa shape index (κ3) is 1.09. The molecule has 0 atom stereocenters. The molecule has 0 spiro atoms. The molecule has 0 N–H and O–H groups in total. The summed E-state index contributed by atoms with van der Waals surface area (Å²) >= 11 is 1.45. The summed E-state index contributed by atoms with van der Waals surface area (Å²) in [7, 11) is 0. The summed E-state index contributed by atoms with van der Waals surface area (Å²) in [4.78, 5) is 7.92. The van der Waals surface area contributed by atoms with Gasteiger partial charge >= 0.3 is 0 Å². The Balaban J connectivity index is 2.82. The lowest BCUT2D eigenvalue weighted by molar-refractivity contribution is 0.624. The number of aryl methyl sites for hydroxylation is 1. The number of nitrogens with zero attached hydrogens (tertiary/aromatic N) is 2. The fourth-order valence-corrected chi connectivity index (χ4v) is 1.72. The SMILES string of the molecule is Cc1nc2ncc(F)cc2s1. The molecule has 0 aliphatic rings. The van der Waals surface area contributed by atoms with E-state index < -0.39 is 0 Å². The molecule has 0 aliphatic carbocycles. The van der Waals surface area contributed by atoms with Crippen LogP contribution in [-0.4, -0.2) is 9.97 Å². The molecule has 4 heteroatoms. The monoisotopic (exact) mass is 168 g/mol. The van der Waals surface area contributed by atoms with E-state index in [1.165, 1.54) is 23.6 Å². The molecule has 0 amide bonds. The van der Waals surface area contributed by atoms with Gasteiger partial charge < -0.3 is 0 Å². The predicted molar refractivity (Wildman–Crippen MR) is 42.1 cm³/mol. The second-order valence-electron chi connectivity index (χ2n) is 2.21. The van der Waals surface area contributed by atoms with Crippen molar-refractivity contribution in [3.8, 4) is 0 Å². The van der Waals surface area contributed by atoms with Crippen LogP contribution in [0.4, 0.5) is 4.39 Å². The number of pyridine rings is 1. The van der Waals surface area contributed by atoms with E-state index in [0.717, 1.165) is 9.71 Å². The van der Waals surface area contributed by atoms with Crippen molar-refractivity contribution in [2.45, 2.75) is 6.92 Å². The van der Waals surface area contributed by atoms with Crippen LogP contribution in [0.3, 0.4) is 0 Å². The Hall–Kier alpha value is -1.03. The quantitative estimate of drug-likeness (QED) is 0.602. The summed E-state index contributed by atoms with van der Waals surface area (Å²) in [5.74, 6) is -0.304. The highest BCUT2D eigenvalue weighted by molar-refractivity contribution is 7.18. The van der Waals surface area contributed by atoms with Gasteiger partial charge in [0.15, 0.2) is 5.65 Å². The molecule has 2 aromatic heterocycles. The average Bonchev–Trinajstić information content (AvgIpc) is 2.27. The van der Waals surface area contributed by atoms with Gasteiger partial charge in [0.25, 0.3) is 0 Å². The van der Waals surface area contributed by atoms with Crippen LogP contribution in [-0.2, 0) is 0 Å². The van der Waals surface area contributed by atoms with Gasteiger partial charge in [-0.1, -0.05) is 0 Å². The summed E-state index contributed by atoms with van der Waals surface area (Å²) in [5.41, 5.74) is 0.633. The lowest BCUT2D eigenvalue weighted by atomic mass is 10.5. The lowest BCUT2D eigenvalue weighted by Crippen LogP contribution is -1.78. The Kier molecular flexibility index (Phi) is 1.35. The summed E-state index contributed by atoms with van der Waals surface area (Å²) in [6.45, 7) is 1.88. The van der Waals surface area contributed by atoms with Gasteiger partial charge in [-0.05, 0) is 13.0 Å². The van der Waals surface area contributed by atoms with Crippen molar-refractivity contribution in [1.29, 1.82) is 0 Å². The van der Waals surface area contributed by atoms with Crippen LogP contribution in [0.1, 0.15) is 5.01 Å². The standard InChI is InChI=1S/C7H5FN2S/c1-4-10-7-6(11-4)2-5(8)3-9-7/h2-3H,1H3. The van der Waals surface area contributed by atoms with E-state index in [-0.39, 0.29) is 5.82 Å². The topological polar surface area (TPSA) is 25.8 Å². The molecule has 0 radical (unpaired) electrons. The molecule has 0 fully saturated rings. The fourth-order valence-electron chi connectivity index (χ4n) is 0.904. The van der Waals surface area contributed by atoms with Crippen molar-refractivity contribution in [2.75, 3.05) is 0 Å². The molecule has 2 heterocycles. The summed E-state index contributed by atoms with van der Waals surface area (Å²) in [6.07, 6.45) is 1.18. The Morgan fingerprint density at radius 3 is 3.18 bits per heavy atom. The van der Waals surface area contributed by atoms with E-state index in [1.54, 1.807) is 0 Å². The third-order valence-corrected chi connectivity index (χ3v) is 2.23. The maximum atomic E-state index is 12.6. The maximum Gasteiger partial charge on any atom is 0.170 e. The van der Waals surface area contributed by atoms with E-state index >= 15 is 0 Å². The van der Waals surface area contributed by atoms with Crippen molar-refractivity contribution in [3.05, 3.63) is 23.1 Å². The zero-order chi connectivity index (χ0) is 7.84. The molecule has 0 saturated heterocycles.